The smallest absolute Gasteiger partial charge is 0.0158 e. The molecule has 0 amide bonds. The number of fused-ring (bicyclic) bond motifs is 4. The molecule has 0 aromatic heterocycles. The first-order valence-electron chi connectivity index (χ1n) is 9.71. The first kappa shape index (κ1) is 15.9. The number of hydrogen-bond donors (Lipinski definition) is 0. The van der Waals surface area contributed by atoms with Crippen LogP contribution >= 0.6 is 0 Å². The van der Waals surface area contributed by atoms with Crippen LogP contribution in [0.25, 0.3) is 11.1 Å². The van der Waals surface area contributed by atoms with E-state index in [4.69, 9.17) is 0 Å². The summed E-state index contributed by atoms with van der Waals surface area (Å²) in [6, 6.07) is 16.0. The number of rotatable bonds is 3. The molecule has 0 saturated heterocycles. The summed E-state index contributed by atoms with van der Waals surface area (Å²) in [7, 11) is 0. The highest BCUT2D eigenvalue weighted by molar-refractivity contribution is 5.80. The van der Waals surface area contributed by atoms with Crippen LogP contribution in [0.15, 0.2) is 78.4 Å². The van der Waals surface area contributed by atoms with Crippen molar-refractivity contribution in [3.63, 3.8) is 0 Å². The minimum Gasteiger partial charge on any atom is -0.0992 e. The van der Waals surface area contributed by atoms with Gasteiger partial charge in [0.15, 0.2) is 0 Å². The first-order valence-corrected chi connectivity index (χ1v) is 9.71. The van der Waals surface area contributed by atoms with E-state index in [1.807, 2.05) is 0 Å². The van der Waals surface area contributed by atoms with Gasteiger partial charge in [-0.1, -0.05) is 86.7 Å². The Balaban J connectivity index is 1.46. The maximum Gasteiger partial charge on any atom is 0.0158 e. The minimum absolute atomic E-state index is 0.0876. The van der Waals surface area contributed by atoms with Gasteiger partial charge < -0.3 is 0 Å². The van der Waals surface area contributed by atoms with Gasteiger partial charge in [0.25, 0.3) is 0 Å². The molecule has 0 nitrogen and oxygen atoms in total. The van der Waals surface area contributed by atoms with E-state index in [2.05, 4.69) is 88.0 Å². The van der Waals surface area contributed by atoms with E-state index in [1.165, 1.54) is 45.4 Å². The van der Waals surface area contributed by atoms with Crippen LogP contribution in [0.3, 0.4) is 0 Å². The molecule has 1 fully saturated rings. The molecule has 5 rings (SSSR count). The Bertz CT molecular complexity index is 998. The summed E-state index contributed by atoms with van der Waals surface area (Å²) < 4.78 is 0. The molecular formula is C26H26. The van der Waals surface area contributed by atoms with Gasteiger partial charge in [-0.2, -0.15) is 0 Å². The lowest BCUT2D eigenvalue weighted by atomic mass is 9.81. The molecule has 0 heteroatoms. The van der Waals surface area contributed by atoms with Gasteiger partial charge in [0, 0.05) is 10.8 Å². The minimum atomic E-state index is 0.0876. The summed E-state index contributed by atoms with van der Waals surface area (Å²) in [6.45, 7) is 11.1. The first-order chi connectivity index (χ1) is 12.4. The second kappa shape index (κ2) is 5.10. The third kappa shape index (κ3) is 2.08. The predicted molar refractivity (Wildman–Crippen MR) is 110 cm³/mol. The fourth-order valence-electron chi connectivity index (χ4n) is 5.12. The van der Waals surface area contributed by atoms with Gasteiger partial charge in [-0.15, -0.1) is 0 Å². The average Bonchev–Trinajstić information content (AvgIpc) is 3.32. The van der Waals surface area contributed by atoms with Crippen molar-refractivity contribution in [3.05, 3.63) is 95.1 Å². The van der Waals surface area contributed by atoms with Crippen LogP contribution in [0.4, 0.5) is 0 Å². The number of hydrogen-bond acceptors (Lipinski definition) is 0. The van der Waals surface area contributed by atoms with Gasteiger partial charge in [-0.05, 0) is 59.1 Å². The fraction of sp³-hybridized carbons (Fsp3) is 0.308. The molecular weight excluding hydrogens is 312 g/mol. The topological polar surface area (TPSA) is 0 Å². The SMILES string of the molecule is C=C(C)C12C=CC(Cc3ccc4c(c3)C(C)(C)c3ccccc3-4)=CC1C2. The molecule has 0 N–H and O–H groups in total. The van der Waals surface area contributed by atoms with Gasteiger partial charge in [-0.25, -0.2) is 0 Å². The Kier molecular flexibility index (Phi) is 3.11. The molecule has 26 heavy (non-hydrogen) atoms. The Morgan fingerprint density at radius 2 is 1.85 bits per heavy atom. The number of benzene rings is 2. The van der Waals surface area contributed by atoms with Crippen LogP contribution < -0.4 is 0 Å². The zero-order valence-corrected chi connectivity index (χ0v) is 16.0. The fourth-order valence-corrected chi connectivity index (χ4v) is 5.12. The van der Waals surface area contributed by atoms with Crippen molar-refractivity contribution >= 4 is 0 Å². The van der Waals surface area contributed by atoms with Crippen molar-refractivity contribution in [2.75, 3.05) is 0 Å². The largest absolute Gasteiger partial charge is 0.0992 e. The van der Waals surface area contributed by atoms with E-state index in [0.717, 1.165) is 6.42 Å². The summed E-state index contributed by atoms with van der Waals surface area (Å²) >= 11 is 0. The molecule has 1 saturated carbocycles. The lowest BCUT2D eigenvalue weighted by Gasteiger charge is -2.22. The van der Waals surface area contributed by atoms with Crippen molar-refractivity contribution in [1.82, 2.24) is 0 Å². The zero-order chi connectivity index (χ0) is 18.1. The molecule has 2 aromatic rings. The third-order valence-electron chi connectivity index (χ3n) is 6.92. The van der Waals surface area contributed by atoms with Crippen molar-refractivity contribution in [1.29, 1.82) is 0 Å². The quantitative estimate of drug-likeness (QED) is 0.552. The van der Waals surface area contributed by atoms with E-state index in [-0.39, 0.29) is 10.8 Å². The van der Waals surface area contributed by atoms with Crippen molar-refractivity contribution in [2.45, 2.75) is 39.0 Å². The van der Waals surface area contributed by atoms with Crippen LogP contribution in [0.5, 0.6) is 0 Å². The summed E-state index contributed by atoms with van der Waals surface area (Å²) in [5.41, 5.74) is 10.3. The molecule has 2 aromatic carbocycles. The highest BCUT2D eigenvalue weighted by Crippen LogP contribution is 2.61. The molecule has 2 unspecified atom stereocenters. The zero-order valence-electron chi connectivity index (χ0n) is 16.0. The Morgan fingerprint density at radius 3 is 2.62 bits per heavy atom. The Labute approximate surface area is 157 Å². The van der Waals surface area contributed by atoms with E-state index in [0.29, 0.717) is 5.92 Å². The van der Waals surface area contributed by atoms with Gasteiger partial charge >= 0.3 is 0 Å². The van der Waals surface area contributed by atoms with Crippen LogP contribution in [0, 0.1) is 11.3 Å². The molecule has 3 aliphatic rings. The van der Waals surface area contributed by atoms with Crippen LogP contribution in [0.1, 0.15) is 43.9 Å². The summed E-state index contributed by atoms with van der Waals surface area (Å²) in [5, 5.41) is 0. The van der Waals surface area contributed by atoms with Crippen LogP contribution in [0.2, 0.25) is 0 Å². The monoisotopic (exact) mass is 338 g/mol. The Hall–Kier alpha value is -2.34. The normalized spacial score (nSPS) is 26.6. The predicted octanol–water partition coefficient (Wildman–Crippen LogP) is 6.61. The van der Waals surface area contributed by atoms with Gasteiger partial charge in [0.1, 0.15) is 0 Å². The van der Waals surface area contributed by atoms with Crippen molar-refractivity contribution < 1.29 is 0 Å². The van der Waals surface area contributed by atoms with E-state index < -0.39 is 0 Å². The summed E-state index contributed by atoms with van der Waals surface area (Å²) in [5.74, 6) is 0.676. The van der Waals surface area contributed by atoms with Crippen LogP contribution in [-0.2, 0) is 11.8 Å². The second-order valence-corrected chi connectivity index (χ2v) is 8.93. The molecule has 130 valence electrons. The molecule has 0 aliphatic heterocycles. The van der Waals surface area contributed by atoms with Gasteiger partial charge in [0.05, 0.1) is 0 Å². The standard InChI is InChI=1S/C26H26/c1-17(2)26-12-11-19(14-20(26)16-26)13-18-9-10-22-21-7-5-6-8-23(21)25(3,4)24(22)15-18/h5-12,14-15,20H,1,13,16H2,2-4H3. The lowest BCUT2D eigenvalue weighted by molar-refractivity contribution is 0.659. The molecule has 3 aliphatic carbocycles. The van der Waals surface area contributed by atoms with Crippen molar-refractivity contribution in [3.8, 4) is 11.1 Å². The van der Waals surface area contributed by atoms with Crippen molar-refractivity contribution in [2.24, 2.45) is 11.3 Å². The molecule has 0 bridgehead atoms. The van der Waals surface area contributed by atoms with E-state index in [1.54, 1.807) is 0 Å². The number of allylic oxidation sites excluding steroid dienone is 5. The van der Waals surface area contributed by atoms with Gasteiger partial charge in [-0.3, -0.25) is 0 Å². The Morgan fingerprint density at radius 1 is 1.08 bits per heavy atom. The summed E-state index contributed by atoms with van der Waals surface area (Å²) in [6.07, 6.45) is 9.50. The maximum absolute atomic E-state index is 4.20. The average molecular weight is 338 g/mol. The highest BCUT2D eigenvalue weighted by atomic mass is 14.6. The third-order valence-corrected chi connectivity index (χ3v) is 6.92. The van der Waals surface area contributed by atoms with Gasteiger partial charge in [0.2, 0.25) is 0 Å². The van der Waals surface area contributed by atoms with E-state index >= 15 is 0 Å². The molecule has 2 atom stereocenters. The molecule has 0 heterocycles. The van der Waals surface area contributed by atoms with Crippen LogP contribution in [-0.4, -0.2) is 0 Å². The summed E-state index contributed by atoms with van der Waals surface area (Å²) in [4.78, 5) is 0. The second-order valence-electron chi connectivity index (χ2n) is 8.93. The highest BCUT2D eigenvalue weighted by Gasteiger charge is 2.52. The van der Waals surface area contributed by atoms with E-state index in [9.17, 15) is 0 Å². The molecule has 0 radical (unpaired) electrons. The molecule has 0 spiro atoms. The maximum atomic E-state index is 4.20. The lowest BCUT2D eigenvalue weighted by Crippen LogP contribution is -2.15.